The predicted molar refractivity (Wildman–Crippen MR) is 83.6 cm³/mol. The number of hydrogen-bond donors (Lipinski definition) is 0. The molecule has 0 radical (unpaired) electrons. The van der Waals surface area contributed by atoms with E-state index in [9.17, 15) is 19.7 Å². The fourth-order valence-electron chi connectivity index (χ4n) is 2.07. The number of nitrogens with zero attached hydrogens (tertiary/aromatic N) is 2. The zero-order valence-corrected chi connectivity index (χ0v) is 13.2. The monoisotopic (exact) mass is 318 g/mol. The molecular formula is C16H18N2O5. The summed E-state index contributed by atoms with van der Waals surface area (Å²) < 4.78 is 5.19. The van der Waals surface area contributed by atoms with Gasteiger partial charge in [0.2, 0.25) is 5.91 Å². The molecule has 0 aliphatic carbocycles. The first kappa shape index (κ1) is 16.7. The number of amides is 2. The van der Waals surface area contributed by atoms with Gasteiger partial charge in [0.1, 0.15) is 5.60 Å². The number of benzene rings is 1. The molecule has 1 aromatic carbocycles. The first-order valence-electron chi connectivity index (χ1n) is 7.15. The third-order valence-corrected chi connectivity index (χ3v) is 3.19. The highest BCUT2D eigenvalue weighted by atomic mass is 16.6. The fourth-order valence-corrected chi connectivity index (χ4v) is 2.07. The SMILES string of the molecule is CC(C)(C)OC(=O)N1C(=O)CC1C=Cc1ccc([N+](=O)[O-])cc1. The normalized spacial score (nSPS) is 18.0. The molecule has 1 saturated heterocycles. The Hall–Kier alpha value is -2.70. The maximum Gasteiger partial charge on any atom is 0.417 e. The lowest BCUT2D eigenvalue weighted by molar-refractivity contribution is -0.384. The number of ether oxygens (including phenoxy) is 1. The van der Waals surface area contributed by atoms with Crippen LogP contribution >= 0.6 is 0 Å². The zero-order valence-electron chi connectivity index (χ0n) is 13.2. The van der Waals surface area contributed by atoms with Crippen LogP contribution in [0.2, 0.25) is 0 Å². The second-order valence-corrected chi connectivity index (χ2v) is 6.22. The maximum atomic E-state index is 12.0. The number of hydrogen-bond acceptors (Lipinski definition) is 5. The van der Waals surface area contributed by atoms with E-state index >= 15 is 0 Å². The van der Waals surface area contributed by atoms with Crippen LogP contribution in [0.1, 0.15) is 32.8 Å². The average molecular weight is 318 g/mol. The van der Waals surface area contributed by atoms with Gasteiger partial charge < -0.3 is 4.74 Å². The largest absolute Gasteiger partial charge is 0.443 e. The number of carbonyl (C=O) groups excluding carboxylic acids is 2. The lowest BCUT2D eigenvalue weighted by Gasteiger charge is -2.37. The molecule has 2 amide bonds. The van der Waals surface area contributed by atoms with Gasteiger partial charge in [0.05, 0.1) is 17.4 Å². The van der Waals surface area contributed by atoms with Gasteiger partial charge in [0.25, 0.3) is 5.69 Å². The van der Waals surface area contributed by atoms with Gasteiger partial charge in [-0.25, -0.2) is 9.69 Å². The van der Waals surface area contributed by atoms with Crippen molar-refractivity contribution in [3.05, 3.63) is 46.0 Å². The smallest absolute Gasteiger partial charge is 0.417 e. The van der Waals surface area contributed by atoms with Crippen LogP contribution in [0.3, 0.4) is 0 Å². The van der Waals surface area contributed by atoms with Gasteiger partial charge in [-0.1, -0.05) is 12.2 Å². The van der Waals surface area contributed by atoms with Gasteiger partial charge in [-0.3, -0.25) is 14.9 Å². The second-order valence-electron chi connectivity index (χ2n) is 6.22. The zero-order chi connectivity index (χ0) is 17.2. The third-order valence-electron chi connectivity index (χ3n) is 3.19. The second kappa shape index (κ2) is 6.20. The van der Waals surface area contributed by atoms with E-state index in [1.807, 2.05) is 0 Å². The van der Waals surface area contributed by atoms with E-state index < -0.39 is 16.6 Å². The van der Waals surface area contributed by atoms with E-state index in [0.717, 1.165) is 10.5 Å². The van der Waals surface area contributed by atoms with Gasteiger partial charge in [0, 0.05) is 12.1 Å². The Bertz CT molecular complexity index is 658. The minimum atomic E-state index is -0.667. The van der Waals surface area contributed by atoms with Gasteiger partial charge >= 0.3 is 6.09 Å². The number of nitro groups is 1. The first-order valence-corrected chi connectivity index (χ1v) is 7.15. The summed E-state index contributed by atoms with van der Waals surface area (Å²) in [6.07, 6.45) is 3.01. The summed E-state index contributed by atoms with van der Waals surface area (Å²) in [7, 11) is 0. The first-order chi connectivity index (χ1) is 10.7. The quantitative estimate of drug-likeness (QED) is 0.485. The molecule has 1 atom stereocenters. The number of non-ortho nitro benzene ring substituents is 1. The molecule has 23 heavy (non-hydrogen) atoms. The van der Waals surface area contributed by atoms with Crippen LogP contribution in [0, 0.1) is 10.1 Å². The van der Waals surface area contributed by atoms with Crippen LogP contribution in [-0.2, 0) is 9.53 Å². The number of likely N-dealkylation sites (tertiary alicyclic amines) is 1. The number of rotatable bonds is 3. The molecule has 0 bridgehead atoms. The molecule has 1 unspecified atom stereocenters. The lowest BCUT2D eigenvalue weighted by atomic mass is 10.0. The van der Waals surface area contributed by atoms with E-state index in [1.54, 1.807) is 45.1 Å². The summed E-state index contributed by atoms with van der Waals surface area (Å²) in [5.41, 5.74) is 0.0926. The summed E-state index contributed by atoms with van der Waals surface area (Å²) in [6.45, 7) is 5.20. The Balaban J connectivity index is 2.03. The van der Waals surface area contributed by atoms with Crippen molar-refractivity contribution >= 4 is 23.8 Å². The van der Waals surface area contributed by atoms with Crippen LogP contribution in [0.15, 0.2) is 30.3 Å². The molecule has 0 spiro atoms. The van der Waals surface area contributed by atoms with E-state index in [-0.39, 0.29) is 24.1 Å². The molecule has 0 aromatic heterocycles. The highest BCUT2D eigenvalue weighted by Crippen LogP contribution is 2.24. The van der Waals surface area contributed by atoms with Gasteiger partial charge in [-0.15, -0.1) is 0 Å². The Morgan fingerprint density at radius 2 is 1.96 bits per heavy atom. The Labute approximate surface area is 133 Å². The molecule has 122 valence electrons. The van der Waals surface area contributed by atoms with Gasteiger partial charge in [0.15, 0.2) is 0 Å². The molecule has 1 aliphatic rings. The standard InChI is InChI=1S/C16H18N2O5/c1-16(2,3)23-15(20)17-13(10-14(17)19)9-6-11-4-7-12(8-5-11)18(21)22/h4-9,13H,10H2,1-3H3. The maximum absolute atomic E-state index is 12.0. The molecule has 0 saturated carbocycles. The number of carbonyl (C=O) groups is 2. The fraction of sp³-hybridized carbons (Fsp3) is 0.375. The van der Waals surface area contributed by atoms with Crippen LogP contribution in [0.5, 0.6) is 0 Å². The van der Waals surface area contributed by atoms with Crippen molar-refractivity contribution in [2.45, 2.75) is 38.8 Å². The van der Waals surface area contributed by atoms with Gasteiger partial charge in [-0.05, 0) is 38.5 Å². The highest BCUT2D eigenvalue weighted by molar-refractivity contribution is 5.98. The molecule has 0 N–H and O–H groups in total. The van der Waals surface area contributed by atoms with Crippen molar-refractivity contribution in [3.8, 4) is 0 Å². The number of imide groups is 1. The minimum Gasteiger partial charge on any atom is -0.443 e. The van der Waals surface area contributed by atoms with E-state index in [2.05, 4.69) is 0 Å². The van der Waals surface area contributed by atoms with Gasteiger partial charge in [-0.2, -0.15) is 0 Å². The van der Waals surface area contributed by atoms with E-state index in [4.69, 9.17) is 4.74 Å². The summed E-state index contributed by atoms with van der Waals surface area (Å²) >= 11 is 0. The van der Waals surface area contributed by atoms with Crippen LogP contribution < -0.4 is 0 Å². The molecule has 1 aromatic rings. The van der Waals surface area contributed by atoms with Crippen LogP contribution in [0.4, 0.5) is 10.5 Å². The molecule has 1 heterocycles. The van der Waals surface area contributed by atoms with E-state index in [1.165, 1.54) is 12.1 Å². The lowest BCUT2D eigenvalue weighted by Crippen LogP contribution is -2.55. The predicted octanol–water partition coefficient (Wildman–Crippen LogP) is 3.14. The molecule has 2 rings (SSSR count). The van der Waals surface area contributed by atoms with Crippen molar-refractivity contribution < 1.29 is 19.2 Å². The summed E-state index contributed by atoms with van der Waals surface area (Å²) in [6, 6.07) is 5.65. The van der Waals surface area contributed by atoms with Crippen molar-refractivity contribution in [2.75, 3.05) is 0 Å². The summed E-state index contributed by atoms with van der Waals surface area (Å²) in [4.78, 5) is 34.8. The Morgan fingerprint density at radius 1 is 1.35 bits per heavy atom. The highest BCUT2D eigenvalue weighted by Gasteiger charge is 2.41. The third kappa shape index (κ3) is 4.15. The van der Waals surface area contributed by atoms with Crippen molar-refractivity contribution in [1.82, 2.24) is 4.90 Å². The topological polar surface area (TPSA) is 89.8 Å². The Morgan fingerprint density at radius 3 is 2.43 bits per heavy atom. The van der Waals surface area contributed by atoms with Crippen LogP contribution in [-0.4, -0.2) is 33.5 Å². The van der Waals surface area contributed by atoms with Crippen molar-refractivity contribution in [3.63, 3.8) is 0 Å². The Kier molecular flexibility index (Phi) is 4.49. The molecule has 1 fully saturated rings. The number of nitro benzene ring substituents is 1. The van der Waals surface area contributed by atoms with E-state index in [0.29, 0.717) is 0 Å². The van der Waals surface area contributed by atoms with Crippen molar-refractivity contribution in [1.29, 1.82) is 0 Å². The molecule has 7 nitrogen and oxygen atoms in total. The average Bonchev–Trinajstić information content (AvgIpc) is 2.41. The summed E-state index contributed by atoms with van der Waals surface area (Å²) in [5, 5.41) is 10.6. The van der Waals surface area contributed by atoms with Crippen LogP contribution in [0.25, 0.3) is 6.08 Å². The minimum absolute atomic E-state index is 0.0105. The molecule has 1 aliphatic heterocycles. The number of β-lactam (4-membered cyclic amide) rings is 1. The summed E-state index contributed by atoms with van der Waals surface area (Å²) in [5.74, 6) is -0.280. The molecule has 7 heteroatoms. The van der Waals surface area contributed by atoms with Crippen molar-refractivity contribution in [2.24, 2.45) is 0 Å². The molecular weight excluding hydrogens is 300 g/mol.